The second-order valence-corrected chi connectivity index (χ2v) is 5.76. The Kier molecular flexibility index (Phi) is 4.47. The summed E-state index contributed by atoms with van der Waals surface area (Å²) in [5, 5.41) is 0. The Morgan fingerprint density at radius 2 is 2.10 bits per heavy atom. The van der Waals surface area contributed by atoms with Crippen LogP contribution in [0.15, 0.2) is 12.3 Å². The van der Waals surface area contributed by atoms with E-state index in [1.54, 1.807) is 0 Å². The molecule has 1 aromatic rings. The average Bonchev–Trinajstić information content (AvgIpc) is 2.51. The van der Waals surface area contributed by atoms with E-state index in [0.717, 1.165) is 44.5 Å². The molecule has 2 aliphatic rings. The number of ether oxygens (including phenoxy) is 1. The SMILES string of the molecule is C[C@H]1CCCCN1Cc1ccnc(N2CCOCC2)n1. The number of nitrogens with zero attached hydrogens (tertiary/aromatic N) is 4. The van der Waals surface area contributed by atoms with Gasteiger partial charge in [0, 0.05) is 31.9 Å². The zero-order valence-corrected chi connectivity index (χ0v) is 12.3. The second kappa shape index (κ2) is 6.50. The molecule has 2 fully saturated rings. The first-order chi connectivity index (χ1) is 9.83. The molecule has 0 bridgehead atoms. The van der Waals surface area contributed by atoms with Crippen molar-refractivity contribution in [2.24, 2.45) is 0 Å². The number of piperidine rings is 1. The van der Waals surface area contributed by atoms with Gasteiger partial charge in [0.05, 0.1) is 18.9 Å². The van der Waals surface area contributed by atoms with E-state index in [0.29, 0.717) is 6.04 Å². The van der Waals surface area contributed by atoms with Crippen LogP contribution in [0.5, 0.6) is 0 Å². The lowest BCUT2D eigenvalue weighted by Gasteiger charge is -2.33. The van der Waals surface area contributed by atoms with Crippen molar-refractivity contribution in [1.82, 2.24) is 14.9 Å². The molecular formula is C15H24N4O. The lowest BCUT2D eigenvalue weighted by Crippen LogP contribution is -2.38. The molecule has 5 nitrogen and oxygen atoms in total. The molecule has 20 heavy (non-hydrogen) atoms. The van der Waals surface area contributed by atoms with Crippen molar-refractivity contribution in [3.63, 3.8) is 0 Å². The van der Waals surface area contributed by atoms with Crippen molar-refractivity contribution in [2.75, 3.05) is 37.7 Å². The minimum Gasteiger partial charge on any atom is -0.378 e. The van der Waals surface area contributed by atoms with Crippen molar-refractivity contribution < 1.29 is 4.74 Å². The number of rotatable bonds is 3. The van der Waals surface area contributed by atoms with Crippen LogP contribution in [0.4, 0.5) is 5.95 Å². The molecule has 2 aliphatic heterocycles. The van der Waals surface area contributed by atoms with Gasteiger partial charge < -0.3 is 9.64 Å². The van der Waals surface area contributed by atoms with Crippen LogP contribution in [0, 0.1) is 0 Å². The summed E-state index contributed by atoms with van der Waals surface area (Å²) in [4.78, 5) is 13.9. The van der Waals surface area contributed by atoms with E-state index in [2.05, 4.69) is 21.7 Å². The van der Waals surface area contributed by atoms with Crippen molar-refractivity contribution in [3.8, 4) is 0 Å². The predicted molar refractivity (Wildman–Crippen MR) is 78.8 cm³/mol. The van der Waals surface area contributed by atoms with Gasteiger partial charge in [-0.25, -0.2) is 9.97 Å². The minimum atomic E-state index is 0.672. The second-order valence-electron chi connectivity index (χ2n) is 5.76. The van der Waals surface area contributed by atoms with Gasteiger partial charge in [0.25, 0.3) is 0 Å². The molecule has 0 spiro atoms. The largest absolute Gasteiger partial charge is 0.378 e. The minimum absolute atomic E-state index is 0.672. The number of aromatic nitrogens is 2. The van der Waals surface area contributed by atoms with E-state index in [1.165, 1.54) is 25.8 Å². The van der Waals surface area contributed by atoms with E-state index in [9.17, 15) is 0 Å². The summed E-state index contributed by atoms with van der Waals surface area (Å²) in [6, 6.07) is 2.72. The van der Waals surface area contributed by atoms with Gasteiger partial charge in [-0.3, -0.25) is 4.90 Å². The van der Waals surface area contributed by atoms with E-state index in [-0.39, 0.29) is 0 Å². The molecule has 3 rings (SSSR count). The standard InChI is InChI=1S/C15H24N4O/c1-13-4-2-3-7-19(13)12-14-5-6-16-15(17-14)18-8-10-20-11-9-18/h5-6,13H,2-4,7-12H2,1H3/t13-/m0/s1. The van der Waals surface area contributed by atoms with Crippen LogP contribution in [0.3, 0.4) is 0 Å². The molecule has 1 atom stereocenters. The number of likely N-dealkylation sites (tertiary alicyclic amines) is 1. The van der Waals surface area contributed by atoms with Gasteiger partial charge in [0.1, 0.15) is 0 Å². The van der Waals surface area contributed by atoms with Gasteiger partial charge >= 0.3 is 0 Å². The first kappa shape index (κ1) is 13.8. The summed E-state index contributed by atoms with van der Waals surface area (Å²) < 4.78 is 5.38. The molecule has 0 radical (unpaired) electrons. The van der Waals surface area contributed by atoms with Gasteiger partial charge in [-0.1, -0.05) is 6.42 Å². The van der Waals surface area contributed by atoms with Crippen LogP contribution >= 0.6 is 0 Å². The maximum atomic E-state index is 5.38. The fourth-order valence-electron chi connectivity index (χ4n) is 2.99. The van der Waals surface area contributed by atoms with E-state index >= 15 is 0 Å². The third-order valence-electron chi connectivity index (χ3n) is 4.30. The zero-order valence-electron chi connectivity index (χ0n) is 12.3. The Bertz CT molecular complexity index is 434. The number of morpholine rings is 1. The molecule has 1 aromatic heterocycles. The van der Waals surface area contributed by atoms with Crippen molar-refractivity contribution in [1.29, 1.82) is 0 Å². The van der Waals surface area contributed by atoms with Gasteiger partial charge in [-0.2, -0.15) is 0 Å². The molecule has 5 heteroatoms. The monoisotopic (exact) mass is 276 g/mol. The Balaban J connectivity index is 1.67. The van der Waals surface area contributed by atoms with Gasteiger partial charge in [0.2, 0.25) is 5.95 Å². The summed E-state index contributed by atoms with van der Waals surface area (Å²) >= 11 is 0. The Hall–Kier alpha value is -1.20. The zero-order chi connectivity index (χ0) is 13.8. The Labute approximate surface area is 121 Å². The van der Waals surface area contributed by atoms with E-state index in [4.69, 9.17) is 9.72 Å². The Morgan fingerprint density at radius 1 is 1.25 bits per heavy atom. The molecule has 0 amide bonds. The van der Waals surface area contributed by atoms with E-state index < -0.39 is 0 Å². The fraction of sp³-hybridized carbons (Fsp3) is 0.733. The van der Waals surface area contributed by atoms with Gasteiger partial charge in [0.15, 0.2) is 0 Å². The van der Waals surface area contributed by atoms with E-state index in [1.807, 2.05) is 12.3 Å². The molecular weight excluding hydrogens is 252 g/mol. The van der Waals surface area contributed by atoms with Crippen LogP contribution < -0.4 is 4.90 Å². The van der Waals surface area contributed by atoms with Crippen molar-refractivity contribution in [2.45, 2.75) is 38.8 Å². The number of hydrogen-bond donors (Lipinski definition) is 0. The summed E-state index contributed by atoms with van der Waals surface area (Å²) in [6.45, 7) is 7.79. The summed E-state index contributed by atoms with van der Waals surface area (Å²) in [5.41, 5.74) is 1.13. The first-order valence-corrected chi connectivity index (χ1v) is 7.71. The average molecular weight is 276 g/mol. The van der Waals surface area contributed by atoms with Gasteiger partial charge in [-0.05, 0) is 32.4 Å². The highest BCUT2D eigenvalue weighted by Gasteiger charge is 2.19. The highest BCUT2D eigenvalue weighted by Crippen LogP contribution is 2.19. The lowest BCUT2D eigenvalue weighted by atomic mass is 10.0. The topological polar surface area (TPSA) is 41.5 Å². The van der Waals surface area contributed by atoms with Gasteiger partial charge in [-0.15, -0.1) is 0 Å². The van der Waals surface area contributed by atoms with Crippen LogP contribution in [0.25, 0.3) is 0 Å². The Morgan fingerprint density at radius 3 is 2.90 bits per heavy atom. The van der Waals surface area contributed by atoms with Crippen molar-refractivity contribution >= 4 is 5.95 Å². The lowest BCUT2D eigenvalue weighted by molar-refractivity contribution is 0.122. The number of anilines is 1. The maximum Gasteiger partial charge on any atom is 0.225 e. The molecule has 0 saturated carbocycles. The summed E-state index contributed by atoms with van der Waals surface area (Å²) in [5.74, 6) is 0.857. The summed E-state index contributed by atoms with van der Waals surface area (Å²) in [7, 11) is 0. The van der Waals surface area contributed by atoms with Crippen LogP contribution in [0.2, 0.25) is 0 Å². The van der Waals surface area contributed by atoms with Crippen molar-refractivity contribution in [3.05, 3.63) is 18.0 Å². The fourth-order valence-corrected chi connectivity index (χ4v) is 2.99. The highest BCUT2D eigenvalue weighted by molar-refractivity contribution is 5.30. The maximum absolute atomic E-state index is 5.38. The highest BCUT2D eigenvalue weighted by atomic mass is 16.5. The van der Waals surface area contributed by atoms with Crippen LogP contribution in [0.1, 0.15) is 31.9 Å². The summed E-state index contributed by atoms with van der Waals surface area (Å²) in [6.07, 6.45) is 5.87. The quantitative estimate of drug-likeness (QED) is 0.840. The first-order valence-electron chi connectivity index (χ1n) is 7.71. The molecule has 0 aliphatic carbocycles. The molecule has 0 unspecified atom stereocenters. The molecule has 0 aromatic carbocycles. The molecule has 3 heterocycles. The normalized spacial score (nSPS) is 24.9. The van der Waals surface area contributed by atoms with Crippen LogP contribution in [-0.4, -0.2) is 53.8 Å². The molecule has 0 N–H and O–H groups in total. The smallest absolute Gasteiger partial charge is 0.225 e. The third-order valence-corrected chi connectivity index (χ3v) is 4.30. The third kappa shape index (κ3) is 3.27. The van der Waals surface area contributed by atoms with Crippen LogP contribution in [-0.2, 0) is 11.3 Å². The molecule has 2 saturated heterocycles. The predicted octanol–water partition coefficient (Wildman–Crippen LogP) is 1.69. The number of hydrogen-bond acceptors (Lipinski definition) is 5. The molecule has 110 valence electrons.